The Morgan fingerprint density at radius 2 is 2.10 bits per heavy atom. The first-order valence-electron chi connectivity index (χ1n) is 6.68. The molecule has 0 aliphatic carbocycles. The van der Waals surface area contributed by atoms with Crippen LogP contribution in [0.25, 0.3) is 0 Å². The third-order valence-corrected chi connectivity index (χ3v) is 4.16. The Bertz CT molecular complexity index is 580. The molecular formula is C15H17N3OS. The first-order chi connectivity index (χ1) is 9.74. The number of benzene rings is 1. The fourth-order valence-electron chi connectivity index (χ4n) is 2.31. The van der Waals surface area contributed by atoms with Gasteiger partial charge in [0, 0.05) is 30.5 Å². The molecule has 2 N–H and O–H groups in total. The van der Waals surface area contributed by atoms with Crippen LogP contribution >= 0.6 is 11.3 Å². The predicted molar refractivity (Wildman–Crippen MR) is 83.5 cm³/mol. The number of amides is 2. The minimum atomic E-state index is -0.0163. The second-order valence-corrected chi connectivity index (χ2v) is 5.63. The molecule has 3 rings (SSSR count). The lowest BCUT2D eigenvalue weighted by atomic mass is 10.1. The molecule has 2 aromatic rings. The Balaban J connectivity index is 1.68. The van der Waals surface area contributed by atoms with Gasteiger partial charge >= 0.3 is 6.03 Å². The molecule has 1 aliphatic heterocycles. The van der Waals surface area contributed by atoms with Crippen LogP contribution in [0.1, 0.15) is 18.5 Å². The average Bonchev–Trinajstić information content (AvgIpc) is 3.11. The van der Waals surface area contributed by atoms with Gasteiger partial charge in [-0.25, -0.2) is 4.79 Å². The number of nitrogens with one attached hydrogen (secondary N) is 2. The summed E-state index contributed by atoms with van der Waals surface area (Å²) in [5, 5.41) is 10.5. The van der Waals surface area contributed by atoms with Gasteiger partial charge in [-0.15, -0.1) is 0 Å². The van der Waals surface area contributed by atoms with E-state index in [1.54, 1.807) is 16.2 Å². The van der Waals surface area contributed by atoms with E-state index in [1.165, 1.54) is 5.56 Å². The lowest BCUT2D eigenvalue weighted by molar-refractivity contribution is 0.252. The fourth-order valence-corrected chi connectivity index (χ4v) is 3.06. The average molecular weight is 287 g/mol. The molecule has 4 nitrogen and oxygen atoms in total. The van der Waals surface area contributed by atoms with Gasteiger partial charge in [-0.2, -0.15) is 11.3 Å². The van der Waals surface area contributed by atoms with Crippen LogP contribution in [0.4, 0.5) is 16.2 Å². The molecule has 0 radical (unpaired) electrons. The summed E-state index contributed by atoms with van der Waals surface area (Å²) in [6.45, 7) is 3.59. The fraction of sp³-hybridized carbons (Fsp3) is 0.267. The van der Waals surface area contributed by atoms with Crippen molar-refractivity contribution in [2.24, 2.45) is 0 Å². The highest BCUT2D eigenvalue weighted by Crippen LogP contribution is 2.24. The second-order valence-electron chi connectivity index (χ2n) is 4.85. The van der Waals surface area contributed by atoms with Crippen molar-refractivity contribution in [1.29, 1.82) is 0 Å². The number of nitrogens with zero attached hydrogens (tertiary/aromatic N) is 1. The van der Waals surface area contributed by atoms with Crippen molar-refractivity contribution in [2.75, 3.05) is 23.3 Å². The first-order valence-corrected chi connectivity index (χ1v) is 7.62. The highest BCUT2D eigenvalue weighted by atomic mass is 32.1. The summed E-state index contributed by atoms with van der Waals surface area (Å²) in [6, 6.07) is 10.4. The quantitative estimate of drug-likeness (QED) is 0.904. The van der Waals surface area contributed by atoms with E-state index in [1.807, 2.05) is 24.3 Å². The van der Waals surface area contributed by atoms with Crippen LogP contribution < -0.4 is 15.5 Å². The zero-order valence-electron chi connectivity index (χ0n) is 11.3. The van der Waals surface area contributed by atoms with Crippen LogP contribution in [0, 0.1) is 0 Å². The van der Waals surface area contributed by atoms with Crippen molar-refractivity contribution in [1.82, 2.24) is 5.32 Å². The molecule has 20 heavy (non-hydrogen) atoms. The topological polar surface area (TPSA) is 44.4 Å². The Morgan fingerprint density at radius 1 is 1.30 bits per heavy atom. The maximum Gasteiger partial charge on any atom is 0.321 e. The number of rotatable bonds is 4. The Hall–Kier alpha value is -2.01. The summed E-state index contributed by atoms with van der Waals surface area (Å²) in [7, 11) is 0. The molecule has 5 heteroatoms. The van der Waals surface area contributed by atoms with Crippen LogP contribution in [0.15, 0.2) is 41.1 Å². The van der Waals surface area contributed by atoms with Gasteiger partial charge in [-0.3, -0.25) is 4.90 Å². The first kappa shape index (κ1) is 13.0. The second kappa shape index (κ2) is 5.54. The standard InChI is InChI=1S/C15H17N3OS/c1-11(12-6-9-20-10-12)17-13-2-4-14(5-3-13)18-8-7-16-15(18)19/h2-6,9-11,17H,7-8H2,1H3,(H,16,19). The normalized spacial score (nSPS) is 16.1. The number of thiophene rings is 1. The van der Waals surface area contributed by atoms with Crippen molar-refractivity contribution >= 4 is 28.7 Å². The Kier molecular flexibility index (Phi) is 3.60. The van der Waals surface area contributed by atoms with Gasteiger partial charge < -0.3 is 10.6 Å². The van der Waals surface area contributed by atoms with Gasteiger partial charge in [0.15, 0.2) is 0 Å². The summed E-state index contributed by atoms with van der Waals surface area (Å²) >= 11 is 1.71. The Labute approximate surface area is 122 Å². The molecule has 1 aromatic heterocycles. The highest BCUT2D eigenvalue weighted by molar-refractivity contribution is 7.07. The van der Waals surface area contributed by atoms with Crippen LogP contribution in [0.2, 0.25) is 0 Å². The van der Waals surface area contributed by atoms with E-state index < -0.39 is 0 Å². The van der Waals surface area contributed by atoms with Crippen molar-refractivity contribution in [3.05, 3.63) is 46.7 Å². The van der Waals surface area contributed by atoms with E-state index >= 15 is 0 Å². The van der Waals surface area contributed by atoms with Gasteiger partial charge in [0.05, 0.1) is 0 Å². The van der Waals surface area contributed by atoms with Crippen molar-refractivity contribution in [3.8, 4) is 0 Å². The number of hydrogen-bond donors (Lipinski definition) is 2. The van der Waals surface area contributed by atoms with Crippen LogP contribution in [0.5, 0.6) is 0 Å². The number of urea groups is 1. The monoisotopic (exact) mass is 287 g/mol. The molecule has 0 bridgehead atoms. The smallest absolute Gasteiger partial charge is 0.321 e. The minimum absolute atomic E-state index is 0.0163. The summed E-state index contributed by atoms with van der Waals surface area (Å²) in [5.74, 6) is 0. The molecule has 2 heterocycles. The van der Waals surface area contributed by atoms with Crippen LogP contribution in [0.3, 0.4) is 0 Å². The van der Waals surface area contributed by atoms with E-state index in [0.29, 0.717) is 6.54 Å². The van der Waals surface area contributed by atoms with E-state index in [2.05, 4.69) is 34.4 Å². The molecule has 104 valence electrons. The van der Waals surface area contributed by atoms with Crippen LogP contribution in [-0.2, 0) is 0 Å². The molecule has 1 saturated heterocycles. The highest BCUT2D eigenvalue weighted by Gasteiger charge is 2.20. The van der Waals surface area contributed by atoms with Crippen molar-refractivity contribution in [2.45, 2.75) is 13.0 Å². The number of carbonyl (C=O) groups excluding carboxylic acids is 1. The Morgan fingerprint density at radius 3 is 2.70 bits per heavy atom. The summed E-state index contributed by atoms with van der Waals surface area (Å²) in [4.78, 5) is 13.3. The molecule has 1 fully saturated rings. The predicted octanol–water partition coefficient (Wildman–Crippen LogP) is 3.45. The summed E-state index contributed by atoms with van der Waals surface area (Å²) in [6.07, 6.45) is 0. The van der Waals surface area contributed by atoms with Gasteiger partial charge in [0.2, 0.25) is 0 Å². The van der Waals surface area contributed by atoms with Gasteiger partial charge in [-0.1, -0.05) is 0 Å². The van der Waals surface area contributed by atoms with Crippen molar-refractivity contribution < 1.29 is 4.79 Å². The van der Waals surface area contributed by atoms with E-state index in [-0.39, 0.29) is 12.1 Å². The van der Waals surface area contributed by atoms with E-state index in [4.69, 9.17) is 0 Å². The molecule has 1 aliphatic rings. The zero-order valence-corrected chi connectivity index (χ0v) is 12.1. The molecule has 1 atom stereocenters. The molecule has 1 aromatic carbocycles. The maximum absolute atomic E-state index is 11.6. The SMILES string of the molecule is CC(Nc1ccc(N2CCNC2=O)cc1)c1ccsc1. The van der Waals surface area contributed by atoms with Gasteiger partial charge in [0.25, 0.3) is 0 Å². The lowest BCUT2D eigenvalue weighted by Crippen LogP contribution is -2.27. The summed E-state index contributed by atoms with van der Waals surface area (Å²) < 4.78 is 0. The van der Waals surface area contributed by atoms with Crippen LogP contribution in [-0.4, -0.2) is 19.1 Å². The van der Waals surface area contributed by atoms with Crippen molar-refractivity contribution in [3.63, 3.8) is 0 Å². The number of hydrogen-bond acceptors (Lipinski definition) is 3. The largest absolute Gasteiger partial charge is 0.378 e. The lowest BCUT2D eigenvalue weighted by Gasteiger charge is -2.17. The third kappa shape index (κ3) is 2.63. The van der Waals surface area contributed by atoms with Gasteiger partial charge in [0.1, 0.15) is 0 Å². The number of anilines is 2. The third-order valence-electron chi connectivity index (χ3n) is 3.46. The molecule has 0 spiro atoms. The summed E-state index contributed by atoms with van der Waals surface area (Å²) in [5.41, 5.74) is 3.29. The van der Waals surface area contributed by atoms with E-state index in [9.17, 15) is 4.79 Å². The molecule has 0 saturated carbocycles. The molecule has 2 amide bonds. The van der Waals surface area contributed by atoms with Gasteiger partial charge in [-0.05, 0) is 53.6 Å². The minimum Gasteiger partial charge on any atom is -0.378 e. The van der Waals surface area contributed by atoms with E-state index in [0.717, 1.165) is 17.9 Å². The molecular weight excluding hydrogens is 270 g/mol. The number of carbonyl (C=O) groups is 1. The zero-order chi connectivity index (χ0) is 13.9. The molecule has 1 unspecified atom stereocenters. The maximum atomic E-state index is 11.6.